The minimum Gasteiger partial charge on any atom is -0.506 e. The van der Waals surface area contributed by atoms with E-state index in [1.807, 2.05) is 0 Å². The number of fused-ring (bicyclic) bond motifs is 1. The van der Waals surface area contributed by atoms with E-state index in [-0.39, 0.29) is 5.75 Å². The quantitative estimate of drug-likeness (QED) is 0.735. The molecule has 3 nitrogen and oxygen atoms in total. The van der Waals surface area contributed by atoms with E-state index in [0.717, 1.165) is 4.01 Å². The molecule has 0 saturated carbocycles. The van der Waals surface area contributed by atoms with Crippen LogP contribution in [0.2, 0.25) is 0 Å². The van der Waals surface area contributed by atoms with Gasteiger partial charge >= 0.3 is 0 Å². The fraction of sp³-hybridized carbons (Fsp3) is 0. The van der Waals surface area contributed by atoms with Gasteiger partial charge in [0, 0.05) is 10.8 Å². The lowest BCUT2D eigenvalue weighted by Gasteiger charge is -1.88. The molecule has 0 aliphatic heterocycles. The molecule has 12 heavy (non-hydrogen) atoms. The van der Waals surface area contributed by atoms with Gasteiger partial charge in [-0.1, -0.05) is 0 Å². The monoisotopic (exact) mass is 199 g/mol. The standard InChI is InChI=1S/C7H5NO2S2/c8-6(10)3-1-11-7-5(3)4(9)2-12-7/h1-2,9H,(H2,8,10). The minimum absolute atomic E-state index is 0.144. The summed E-state index contributed by atoms with van der Waals surface area (Å²) in [7, 11) is 0. The Morgan fingerprint density at radius 1 is 1.42 bits per heavy atom. The maximum Gasteiger partial charge on any atom is 0.250 e. The summed E-state index contributed by atoms with van der Waals surface area (Å²) < 4.78 is 0.932. The van der Waals surface area contributed by atoms with Crippen molar-refractivity contribution in [1.82, 2.24) is 0 Å². The highest BCUT2D eigenvalue weighted by Crippen LogP contribution is 2.38. The number of hydrogen-bond acceptors (Lipinski definition) is 4. The molecular weight excluding hydrogens is 194 g/mol. The molecule has 5 heteroatoms. The molecule has 0 unspecified atom stereocenters. The fourth-order valence-electron chi connectivity index (χ4n) is 1.02. The normalized spacial score (nSPS) is 10.7. The van der Waals surface area contributed by atoms with E-state index in [1.54, 1.807) is 10.8 Å². The second-order valence-corrected chi connectivity index (χ2v) is 4.31. The summed E-state index contributed by atoms with van der Waals surface area (Å²) in [5, 5.41) is 13.2. The number of primary amides is 1. The molecule has 0 fully saturated rings. The number of carbonyl (C=O) groups is 1. The summed E-state index contributed by atoms with van der Waals surface area (Å²) >= 11 is 2.83. The van der Waals surface area contributed by atoms with Gasteiger partial charge in [0.1, 0.15) is 5.75 Å². The lowest BCUT2D eigenvalue weighted by Crippen LogP contribution is -2.09. The Morgan fingerprint density at radius 2 is 2.08 bits per heavy atom. The Hall–Kier alpha value is -1.07. The van der Waals surface area contributed by atoms with Gasteiger partial charge in [-0.05, 0) is 0 Å². The Kier molecular flexibility index (Phi) is 1.55. The number of aromatic hydroxyl groups is 1. The smallest absolute Gasteiger partial charge is 0.250 e. The molecule has 0 spiro atoms. The SMILES string of the molecule is NC(=O)c1csc2scc(O)c12. The first-order valence-electron chi connectivity index (χ1n) is 3.17. The molecule has 1 amide bonds. The highest BCUT2D eigenvalue weighted by molar-refractivity contribution is 7.37. The lowest BCUT2D eigenvalue weighted by molar-refractivity contribution is 0.100. The van der Waals surface area contributed by atoms with Gasteiger partial charge in [-0.15, -0.1) is 22.7 Å². The largest absolute Gasteiger partial charge is 0.506 e. The Bertz CT molecular complexity index is 443. The van der Waals surface area contributed by atoms with Gasteiger partial charge in [-0.3, -0.25) is 4.79 Å². The zero-order valence-corrected chi connectivity index (χ0v) is 7.54. The number of amides is 1. The van der Waals surface area contributed by atoms with E-state index in [0.29, 0.717) is 10.9 Å². The molecule has 0 bridgehead atoms. The Morgan fingerprint density at radius 3 is 2.75 bits per heavy atom. The van der Waals surface area contributed by atoms with Crippen LogP contribution >= 0.6 is 22.7 Å². The average Bonchev–Trinajstić information content (AvgIpc) is 2.53. The van der Waals surface area contributed by atoms with Gasteiger partial charge in [-0.2, -0.15) is 0 Å². The van der Waals surface area contributed by atoms with Crippen LogP contribution < -0.4 is 5.73 Å². The number of carbonyl (C=O) groups excluding carboxylic acids is 1. The second kappa shape index (κ2) is 2.46. The average molecular weight is 199 g/mol. The van der Waals surface area contributed by atoms with E-state index >= 15 is 0 Å². The van der Waals surface area contributed by atoms with Crippen LogP contribution in [0.25, 0.3) is 9.40 Å². The summed E-state index contributed by atoms with van der Waals surface area (Å²) in [5.41, 5.74) is 5.52. The zero-order chi connectivity index (χ0) is 8.72. The van der Waals surface area contributed by atoms with Gasteiger partial charge < -0.3 is 10.8 Å². The maximum absolute atomic E-state index is 10.8. The Balaban J connectivity index is 2.83. The van der Waals surface area contributed by atoms with Crippen molar-refractivity contribution in [3.8, 4) is 5.75 Å². The van der Waals surface area contributed by atoms with Gasteiger partial charge in [0.15, 0.2) is 0 Å². The lowest BCUT2D eigenvalue weighted by atomic mass is 10.2. The van der Waals surface area contributed by atoms with Gasteiger partial charge in [0.05, 0.1) is 15.0 Å². The van der Waals surface area contributed by atoms with E-state index in [1.165, 1.54) is 22.7 Å². The molecule has 0 aliphatic carbocycles. The van der Waals surface area contributed by atoms with E-state index < -0.39 is 5.91 Å². The summed E-state index contributed by atoms with van der Waals surface area (Å²) in [6.07, 6.45) is 0. The molecule has 0 aromatic carbocycles. The number of rotatable bonds is 1. The third kappa shape index (κ3) is 0.904. The van der Waals surface area contributed by atoms with Crippen LogP contribution in [0.4, 0.5) is 0 Å². The molecule has 2 heterocycles. The maximum atomic E-state index is 10.8. The second-order valence-electron chi connectivity index (χ2n) is 2.30. The summed E-state index contributed by atoms with van der Waals surface area (Å²) in [4.78, 5) is 10.8. The number of thiophene rings is 2. The predicted molar refractivity (Wildman–Crippen MR) is 49.9 cm³/mol. The van der Waals surface area contributed by atoms with Crippen molar-refractivity contribution in [2.75, 3.05) is 0 Å². The van der Waals surface area contributed by atoms with Gasteiger partial charge in [0.2, 0.25) is 5.91 Å². The molecule has 0 aliphatic rings. The molecule has 3 N–H and O–H groups in total. The van der Waals surface area contributed by atoms with E-state index in [9.17, 15) is 9.90 Å². The van der Waals surface area contributed by atoms with Gasteiger partial charge in [-0.25, -0.2) is 0 Å². The van der Waals surface area contributed by atoms with Crippen molar-refractivity contribution in [2.24, 2.45) is 5.73 Å². The molecule has 2 rings (SSSR count). The molecule has 2 aromatic rings. The molecule has 0 saturated heterocycles. The fourth-order valence-corrected chi connectivity index (χ4v) is 2.99. The minimum atomic E-state index is -0.491. The van der Waals surface area contributed by atoms with Crippen molar-refractivity contribution in [2.45, 2.75) is 0 Å². The molecule has 0 radical (unpaired) electrons. The van der Waals surface area contributed by atoms with Crippen molar-refractivity contribution in [1.29, 1.82) is 0 Å². The van der Waals surface area contributed by atoms with Crippen LogP contribution in [0.1, 0.15) is 10.4 Å². The van der Waals surface area contributed by atoms with Crippen LogP contribution in [-0.2, 0) is 0 Å². The third-order valence-corrected chi connectivity index (χ3v) is 3.66. The number of hydrogen-bond donors (Lipinski definition) is 2. The van der Waals surface area contributed by atoms with Crippen LogP contribution in [0.15, 0.2) is 10.8 Å². The molecule has 0 atom stereocenters. The Labute approximate surface area is 76.1 Å². The summed E-state index contributed by atoms with van der Waals surface area (Å²) in [6.45, 7) is 0. The zero-order valence-electron chi connectivity index (χ0n) is 5.90. The van der Waals surface area contributed by atoms with Crippen molar-refractivity contribution >= 4 is 38.0 Å². The molecular formula is C7H5NO2S2. The third-order valence-electron chi connectivity index (χ3n) is 1.56. The summed E-state index contributed by atoms with van der Waals surface area (Å²) in [6, 6.07) is 0. The van der Waals surface area contributed by atoms with Crippen LogP contribution in [0.5, 0.6) is 5.75 Å². The molecule has 2 aromatic heterocycles. The van der Waals surface area contributed by atoms with Crippen LogP contribution in [-0.4, -0.2) is 11.0 Å². The van der Waals surface area contributed by atoms with E-state index in [2.05, 4.69) is 0 Å². The van der Waals surface area contributed by atoms with Crippen molar-refractivity contribution < 1.29 is 9.90 Å². The number of nitrogens with two attached hydrogens (primary N) is 1. The van der Waals surface area contributed by atoms with Gasteiger partial charge in [0.25, 0.3) is 0 Å². The van der Waals surface area contributed by atoms with E-state index in [4.69, 9.17) is 5.73 Å². The topological polar surface area (TPSA) is 63.3 Å². The first-order valence-corrected chi connectivity index (χ1v) is 4.93. The first-order chi connectivity index (χ1) is 5.70. The predicted octanol–water partition coefficient (Wildman–Crippen LogP) is 1.77. The highest BCUT2D eigenvalue weighted by atomic mass is 32.2. The molecule has 62 valence electrons. The van der Waals surface area contributed by atoms with Crippen LogP contribution in [0.3, 0.4) is 0 Å². The van der Waals surface area contributed by atoms with Crippen molar-refractivity contribution in [3.63, 3.8) is 0 Å². The first kappa shape index (κ1) is 7.57. The highest BCUT2D eigenvalue weighted by Gasteiger charge is 2.13. The van der Waals surface area contributed by atoms with Crippen LogP contribution in [0, 0.1) is 0 Å². The van der Waals surface area contributed by atoms with Crippen molar-refractivity contribution in [3.05, 3.63) is 16.3 Å². The summed E-state index contributed by atoms with van der Waals surface area (Å²) in [5.74, 6) is -0.347.